The summed E-state index contributed by atoms with van der Waals surface area (Å²) in [4.78, 5) is 154. The molecular weight excluding hydrogens is 2260 g/mol. The van der Waals surface area contributed by atoms with Crippen LogP contribution in [0.1, 0.15) is 191 Å². The number of Topliss-reactive ketones (excluding diaryl/α,β-unsaturated/α-hetero) is 1. The number of aromatic amines is 2. The van der Waals surface area contributed by atoms with Crippen LogP contribution in [0.15, 0.2) is 157 Å². The SMILES string of the molecule is C.CC1Cc2c[c-]c(N(C)C)nc2-c2[nH]c(=O)c(C(=O)O)c(O)c21.CC1Cc2c[c-]c(N(C)C)nc2C2=C1C(O)=C(C(=O)O)C(=O)C2Cc1ccccc1.CN.COC(=O)c1c(O)c2c(n(Cc3ccccc3)c1=O)-c1nc(C)[c-]cc1CC2C.COC(=O)c1c(O)c2c(n(Cc3ccccc3)c1=O)-c1nc(Cl)[c-]cc1CC2C.Cc1[c-]cc2c(n1)-c1[nH]c(=O)c(C(=O)O)c(O)c1C(C)C2.[OH-].[OH-].[OH-].[OH-].[OH-].[Rb+].[Rb+].[Rb+].[Rb+].[Rb+]. The Morgan fingerprint density at radius 3 is 1.12 bits per heavy atom. The zero-order valence-electron chi connectivity index (χ0n) is 82.9. The number of aliphatic hydroxyl groups excluding tert-OH is 1. The van der Waals surface area contributed by atoms with Gasteiger partial charge < -0.3 is 112 Å². The quantitative estimate of drug-likeness (QED) is 0.0243. The van der Waals surface area contributed by atoms with Gasteiger partial charge in [-0.15, -0.1) is 0 Å². The molecule has 0 radical (unpaired) electrons. The van der Waals surface area contributed by atoms with Crippen molar-refractivity contribution in [2.45, 2.75) is 131 Å². The van der Waals surface area contributed by atoms with E-state index in [9.17, 15) is 78.6 Å². The van der Waals surface area contributed by atoms with Crippen molar-refractivity contribution < 1.29 is 397 Å². The number of ether oxygens (including phenoxy) is 2. The monoisotopic (exact) mass is 2360 g/mol. The Hall–Kier alpha value is -6.61. The van der Waals surface area contributed by atoms with Crippen molar-refractivity contribution in [2.24, 2.45) is 17.6 Å². The Kier molecular flexibility index (Phi) is 54.0. The molecule has 6 unspecified atom stereocenters. The van der Waals surface area contributed by atoms with Crippen LogP contribution in [0.25, 0.3) is 51.1 Å². The van der Waals surface area contributed by atoms with Gasteiger partial charge in [-0.1, -0.05) is 188 Å². The summed E-state index contributed by atoms with van der Waals surface area (Å²) in [6.45, 7) is 13.6. The number of methoxy groups -OCH3 is 2. The van der Waals surface area contributed by atoms with Gasteiger partial charge in [-0.25, -0.2) is 84.6 Å². The first-order valence-corrected chi connectivity index (χ1v) is 43.0. The van der Waals surface area contributed by atoms with Gasteiger partial charge in [0.05, 0.1) is 56.0 Å². The number of H-pyrrole nitrogens is 2. The van der Waals surface area contributed by atoms with Gasteiger partial charge in [0.15, 0.2) is 28.0 Å². The molecule has 6 aliphatic carbocycles. The number of hydrogen-bond acceptors (Lipinski definition) is 30. The van der Waals surface area contributed by atoms with E-state index in [1.165, 1.54) is 30.4 Å². The number of rotatable bonds is 13. The molecule has 37 nitrogen and oxygen atoms in total. The molecule has 0 saturated heterocycles. The minimum Gasteiger partial charge on any atom is -0.870 e. The van der Waals surface area contributed by atoms with E-state index in [0.717, 1.165) is 44.5 Å². The summed E-state index contributed by atoms with van der Waals surface area (Å²) in [5.74, 6) is -8.83. The third-order valence-corrected chi connectivity index (χ3v) is 24.2. The van der Waals surface area contributed by atoms with Gasteiger partial charge in [-0.05, 0) is 84.9 Å². The number of ketones is 1. The number of allylic oxidation sites excluding steroid dienone is 2. The first-order valence-electron chi connectivity index (χ1n) is 42.6. The van der Waals surface area contributed by atoms with Gasteiger partial charge in [0.1, 0.15) is 34.3 Å². The van der Waals surface area contributed by atoms with Gasteiger partial charge in [-0.3, -0.25) is 48.9 Å². The van der Waals surface area contributed by atoms with Crippen LogP contribution in [-0.2, 0) is 70.7 Å². The van der Waals surface area contributed by atoms with E-state index in [2.05, 4.69) is 66.0 Å². The van der Waals surface area contributed by atoms with Crippen molar-refractivity contribution in [1.82, 2.24) is 44.0 Å². The first-order chi connectivity index (χ1) is 63.8. The molecule has 43 heteroatoms. The minimum absolute atomic E-state index is 0. The molecule has 0 amide bonds. The first kappa shape index (κ1) is 134. The zero-order valence-corrected chi connectivity index (χ0v) is 108. The third-order valence-electron chi connectivity index (χ3n) is 24.0. The normalized spacial score (nSPS) is 15.1. The van der Waals surface area contributed by atoms with Crippen LogP contribution in [0, 0.1) is 56.0 Å². The Balaban J connectivity index is 0.000000602. The number of aromatic hydroxyl groups is 4. The number of anilines is 2. The largest absolute Gasteiger partial charge is 1.00 e. The second-order valence-corrected chi connectivity index (χ2v) is 33.9. The number of aliphatic hydroxyl groups is 1. The van der Waals surface area contributed by atoms with Gasteiger partial charge in [0, 0.05) is 95.6 Å². The van der Waals surface area contributed by atoms with Crippen LogP contribution in [0.4, 0.5) is 11.6 Å². The molecule has 9 aromatic heterocycles. The number of fused-ring (bicyclic) bond motifs is 14. The number of nitrogens with two attached hydrogens (primary N) is 1. The molecule has 0 spiro atoms. The molecular formula is C102H105ClN12O25Rb5-5. The van der Waals surface area contributed by atoms with Gasteiger partial charge in [0.2, 0.25) is 0 Å². The molecule has 0 saturated carbocycles. The number of carbonyl (C=O) groups is 6. The number of carboxylic acids is 3. The molecule has 6 atom stereocenters. The number of halogens is 1. The Labute approximate surface area is 1080 Å². The van der Waals surface area contributed by atoms with Crippen molar-refractivity contribution in [3.05, 3.63) is 321 Å². The summed E-state index contributed by atoms with van der Waals surface area (Å²) in [6, 6.07) is 52.8. The number of esters is 2. The molecule has 6 aliphatic rings. The van der Waals surface area contributed by atoms with Crippen molar-refractivity contribution >= 4 is 64.4 Å². The number of nitrogens with zero attached hydrogens (tertiary/aromatic N) is 9. The summed E-state index contributed by atoms with van der Waals surface area (Å²) in [6.07, 6.45) is 3.31. The number of carbonyl (C=O) groups excluding carboxylic acids is 3. The maximum absolute atomic E-state index is 13.3. The van der Waals surface area contributed by atoms with E-state index < -0.39 is 97.7 Å². The summed E-state index contributed by atoms with van der Waals surface area (Å²) >= 11 is 6.09. The van der Waals surface area contributed by atoms with E-state index in [1.54, 1.807) is 17.9 Å². The van der Waals surface area contributed by atoms with Crippen LogP contribution in [-0.4, -0.2) is 197 Å². The molecule has 17 N–H and O–H groups in total. The fourth-order valence-electron chi connectivity index (χ4n) is 18.0. The maximum atomic E-state index is 13.3. The topological polar surface area (TPSA) is 639 Å². The molecule has 0 aliphatic heterocycles. The van der Waals surface area contributed by atoms with Crippen LogP contribution >= 0.6 is 11.6 Å². The second kappa shape index (κ2) is 58.3. The van der Waals surface area contributed by atoms with Crippen LogP contribution < -0.4 is 329 Å². The summed E-state index contributed by atoms with van der Waals surface area (Å²) in [7, 11) is 11.2. The van der Waals surface area contributed by atoms with Crippen molar-refractivity contribution in [1.29, 1.82) is 0 Å². The third kappa shape index (κ3) is 28.3. The summed E-state index contributed by atoms with van der Waals surface area (Å²) < 4.78 is 12.5. The maximum Gasteiger partial charge on any atom is 1.00 e. The minimum atomic E-state index is -1.45. The molecule has 12 aromatic rings. The average Bonchev–Trinajstić information content (AvgIpc) is 0.729. The van der Waals surface area contributed by atoms with E-state index >= 15 is 0 Å². The van der Waals surface area contributed by atoms with Crippen LogP contribution in [0.5, 0.6) is 23.0 Å². The standard InChI is InChI=1S/C24H23N2O4.C23H21N2O4.C22H18ClN2O4.C16H16N3O4.C15H13N2O4.CH5N.CH4.5H2O.5Rb/c1-13-11-15-9-10-17(26(2)3)25-21(15)19-16(12-14-7-5-4-6-8-14)22(27)20(24(29)30)23(28)18(13)19;1-13-11-16-10-9-14(2)24-19(16)20-17(13)21(26)18(23(28)29-3)22(27)25(20)12-15-7-5-4-6-8-15;1-12-10-14-8-9-15(23)24-18(14)19-16(12)20(26)17(22(28)29-2)21(27)25(19)11-13-6-4-3-5-7-13;1-7-6-8-4-5-9(19(2)3)17-12(8)13-10(7)14(20)11(16(22)23)15(21)18-13;1-6-5-8-4-3-7(2)16-11(8)12-9(6)13(18)10(15(20)21)14(19)17-12;1-2;;;;;;;;;;;/h4-9,13,16,28H,11-12H2,1-3H3,(H,29,30);4-8,10,13,26H,11-12H2,1-3H3;3-8,12,26H,10-11H2,1-2H3;4,7H,6H2,1-3H3,(H,22,23)(H2,18,20,21);4,6H,5H2,1-2H3,(H,20,21)(H2,17,18,19);2H2,1H3;1H4;5*1H2;;;;;/q5*-1;;;;;;;;5*+1/p-5. The Bertz CT molecular complexity index is 6920. The smallest absolute Gasteiger partial charge is 0.870 e. The molecule has 18 rings (SSSR count). The number of hydrogen-bond donors (Lipinski definition) is 11. The van der Waals surface area contributed by atoms with E-state index in [4.69, 9.17) is 36.3 Å². The average molecular weight is 2360 g/mol. The molecule has 3 aromatic carbocycles. The van der Waals surface area contributed by atoms with Crippen LogP contribution in [0.3, 0.4) is 0 Å². The zero-order chi connectivity index (χ0) is 97.2. The van der Waals surface area contributed by atoms with E-state index in [0.29, 0.717) is 146 Å². The molecule has 9 heterocycles. The number of aromatic nitrogens is 9. The number of nitrogens with one attached hydrogen (secondary N) is 2. The van der Waals surface area contributed by atoms with Crippen molar-refractivity contribution in [3.8, 4) is 68.5 Å². The predicted octanol–water partition coefficient (Wildman–Crippen LogP) is -2.66. The summed E-state index contributed by atoms with van der Waals surface area (Å²) in [5, 5.41) is 81.2. The molecule has 145 heavy (non-hydrogen) atoms. The van der Waals surface area contributed by atoms with E-state index in [-0.39, 0.29) is 396 Å². The number of benzene rings is 3. The Morgan fingerprint density at radius 1 is 0.434 bits per heavy atom. The number of pyridine rings is 9. The van der Waals surface area contributed by atoms with E-state index in [1.807, 2.05) is 190 Å². The van der Waals surface area contributed by atoms with Gasteiger partial charge in [-0.2, -0.15) is 27.8 Å². The van der Waals surface area contributed by atoms with Gasteiger partial charge >= 0.3 is 321 Å². The number of carboxylic acid groups (broad SMARTS) is 3. The second-order valence-electron chi connectivity index (χ2n) is 33.5. The predicted molar refractivity (Wildman–Crippen MR) is 515 cm³/mol. The van der Waals surface area contributed by atoms with Crippen molar-refractivity contribution in [3.63, 3.8) is 0 Å². The number of aromatic carboxylic acids is 2. The Morgan fingerprint density at radius 2 is 0.752 bits per heavy atom. The number of aliphatic carboxylic acids is 1. The molecule has 0 bridgehead atoms. The molecule has 0 fully saturated rings. The fraction of sp³-hybridized carbons (Fsp3) is 0.284. The molecule has 740 valence electrons. The number of aryl methyl sites for hydroxylation is 2. The van der Waals surface area contributed by atoms with Crippen LogP contribution in [0.2, 0.25) is 5.15 Å². The fourth-order valence-corrected chi connectivity index (χ4v) is 18.1. The van der Waals surface area contributed by atoms with Crippen molar-refractivity contribution in [2.75, 3.05) is 59.3 Å². The van der Waals surface area contributed by atoms with Gasteiger partial charge in [0.25, 0.3) is 22.2 Å². The summed E-state index contributed by atoms with van der Waals surface area (Å²) in [5.41, 5.74) is 15.5.